The van der Waals surface area contributed by atoms with E-state index in [1.54, 1.807) is 6.08 Å². The van der Waals surface area contributed by atoms with Gasteiger partial charge in [0.25, 0.3) is 0 Å². The minimum Gasteiger partial charge on any atom is -0.489 e. The predicted molar refractivity (Wildman–Crippen MR) is 74.6 cm³/mol. The lowest BCUT2D eigenvalue weighted by molar-refractivity contribution is 0.359. The molecule has 0 aliphatic rings. The lowest BCUT2D eigenvalue weighted by Crippen LogP contribution is -2.02. The summed E-state index contributed by atoms with van der Waals surface area (Å²) in [5.74, 6) is 0.971. The number of hydrogen-bond donors (Lipinski definition) is 0. The first kappa shape index (κ1) is 13.6. The Hall–Kier alpha value is -1.50. The van der Waals surface area contributed by atoms with Crippen molar-refractivity contribution in [3.63, 3.8) is 0 Å². The van der Waals surface area contributed by atoms with Crippen molar-refractivity contribution in [2.75, 3.05) is 6.61 Å². The van der Waals surface area contributed by atoms with Gasteiger partial charge in [0.05, 0.1) is 0 Å². The van der Waals surface area contributed by atoms with Gasteiger partial charge in [-0.25, -0.2) is 0 Å². The Kier molecular flexibility index (Phi) is 5.55. The summed E-state index contributed by atoms with van der Waals surface area (Å²) < 4.78 is 5.72. The fourth-order valence-corrected chi connectivity index (χ4v) is 1.90. The molecule has 0 aromatic heterocycles. The Morgan fingerprint density at radius 3 is 2.76 bits per heavy atom. The highest BCUT2D eigenvalue weighted by Crippen LogP contribution is 2.26. The van der Waals surface area contributed by atoms with Crippen LogP contribution in [0.4, 0.5) is 0 Å². The third-order valence-electron chi connectivity index (χ3n) is 2.58. The van der Waals surface area contributed by atoms with Gasteiger partial charge in [0.2, 0.25) is 0 Å². The minimum absolute atomic E-state index is 0.554. The Bertz CT molecular complexity index is 391. The first-order valence-electron chi connectivity index (χ1n) is 6.17. The van der Waals surface area contributed by atoms with Gasteiger partial charge in [-0.15, -0.1) is 0 Å². The number of ether oxygens (including phenoxy) is 1. The molecule has 1 heteroatoms. The normalized spacial score (nSPS) is 10.0. The van der Waals surface area contributed by atoms with Crippen LogP contribution >= 0.6 is 0 Å². The van der Waals surface area contributed by atoms with Crippen LogP contribution in [0.15, 0.2) is 43.0 Å². The van der Waals surface area contributed by atoms with Crippen molar-refractivity contribution in [1.29, 1.82) is 0 Å². The van der Waals surface area contributed by atoms with Crippen molar-refractivity contribution in [2.24, 2.45) is 0 Å². The quantitative estimate of drug-likeness (QED) is 0.634. The molecule has 0 bridgehead atoms. The van der Waals surface area contributed by atoms with Crippen LogP contribution in [0.3, 0.4) is 0 Å². The molecule has 0 saturated carbocycles. The van der Waals surface area contributed by atoms with Gasteiger partial charge in [0.1, 0.15) is 12.4 Å². The maximum Gasteiger partial charge on any atom is 0.123 e. The second-order valence-corrected chi connectivity index (χ2v) is 4.38. The zero-order valence-corrected chi connectivity index (χ0v) is 11.0. The van der Waals surface area contributed by atoms with Gasteiger partial charge in [0.15, 0.2) is 0 Å². The largest absolute Gasteiger partial charge is 0.489 e. The van der Waals surface area contributed by atoms with E-state index in [4.69, 9.17) is 4.74 Å². The molecule has 0 amide bonds. The average molecular weight is 230 g/mol. The zero-order chi connectivity index (χ0) is 12.7. The SMILES string of the molecule is C=CCOc1cccc(CCC)c1CC(=C)C. The van der Waals surface area contributed by atoms with E-state index in [1.807, 2.05) is 6.07 Å². The Balaban J connectivity index is 3.03. The number of hydrogen-bond acceptors (Lipinski definition) is 1. The molecular weight excluding hydrogens is 208 g/mol. The van der Waals surface area contributed by atoms with E-state index in [-0.39, 0.29) is 0 Å². The molecule has 0 N–H and O–H groups in total. The summed E-state index contributed by atoms with van der Waals surface area (Å²) in [6.07, 6.45) is 4.90. The van der Waals surface area contributed by atoms with Gasteiger partial charge in [-0.3, -0.25) is 0 Å². The van der Waals surface area contributed by atoms with Gasteiger partial charge >= 0.3 is 0 Å². The van der Waals surface area contributed by atoms with E-state index in [2.05, 4.69) is 39.1 Å². The second-order valence-electron chi connectivity index (χ2n) is 4.38. The third-order valence-corrected chi connectivity index (χ3v) is 2.58. The van der Waals surface area contributed by atoms with Gasteiger partial charge in [0, 0.05) is 5.56 Å². The fraction of sp³-hybridized carbons (Fsp3) is 0.375. The van der Waals surface area contributed by atoms with Crippen molar-refractivity contribution in [3.8, 4) is 5.75 Å². The summed E-state index contributed by atoms with van der Waals surface area (Å²) in [6.45, 7) is 12.5. The molecule has 0 unspecified atom stereocenters. The van der Waals surface area contributed by atoms with Crippen molar-refractivity contribution in [1.82, 2.24) is 0 Å². The molecule has 0 spiro atoms. The summed E-state index contributed by atoms with van der Waals surface area (Å²) in [4.78, 5) is 0. The summed E-state index contributed by atoms with van der Waals surface area (Å²) in [7, 11) is 0. The highest BCUT2D eigenvalue weighted by atomic mass is 16.5. The third kappa shape index (κ3) is 4.10. The number of aryl methyl sites for hydroxylation is 1. The smallest absolute Gasteiger partial charge is 0.123 e. The van der Waals surface area contributed by atoms with E-state index >= 15 is 0 Å². The molecule has 0 heterocycles. The maximum absolute atomic E-state index is 5.72. The lowest BCUT2D eigenvalue weighted by atomic mass is 9.97. The maximum atomic E-state index is 5.72. The highest BCUT2D eigenvalue weighted by Gasteiger charge is 2.08. The Morgan fingerprint density at radius 2 is 2.18 bits per heavy atom. The van der Waals surface area contributed by atoms with Crippen molar-refractivity contribution in [3.05, 3.63) is 54.1 Å². The van der Waals surface area contributed by atoms with Gasteiger partial charge in [-0.05, 0) is 31.4 Å². The van der Waals surface area contributed by atoms with Crippen LogP contribution in [0.5, 0.6) is 5.75 Å². The van der Waals surface area contributed by atoms with Crippen molar-refractivity contribution in [2.45, 2.75) is 33.1 Å². The Morgan fingerprint density at radius 1 is 1.41 bits per heavy atom. The summed E-state index contributed by atoms with van der Waals surface area (Å²) in [6, 6.07) is 6.27. The first-order valence-corrected chi connectivity index (χ1v) is 6.17. The molecular formula is C16H22O. The summed E-state index contributed by atoms with van der Waals surface area (Å²) in [5.41, 5.74) is 3.82. The molecule has 1 rings (SSSR count). The molecule has 1 nitrogen and oxygen atoms in total. The van der Waals surface area contributed by atoms with Gasteiger partial charge in [-0.2, -0.15) is 0 Å². The highest BCUT2D eigenvalue weighted by molar-refractivity contribution is 5.42. The second kappa shape index (κ2) is 6.95. The van der Waals surface area contributed by atoms with E-state index in [0.717, 1.165) is 30.6 Å². The zero-order valence-electron chi connectivity index (χ0n) is 11.0. The molecule has 0 radical (unpaired) electrons. The molecule has 0 aliphatic heterocycles. The van der Waals surface area contributed by atoms with Crippen LogP contribution in [0.1, 0.15) is 31.4 Å². The van der Waals surface area contributed by atoms with Crippen LogP contribution in [0.2, 0.25) is 0 Å². The van der Waals surface area contributed by atoms with Crippen molar-refractivity contribution < 1.29 is 4.74 Å². The molecule has 1 aromatic carbocycles. The molecule has 0 aliphatic carbocycles. The first-order chi connectivity index (χ1) is 8.19. The van der Waals surface area contributed by atoms with Crippen LogP contribution in [-0.2, 0) is 12.8 Å². The minimum atomic E-state index is 0.554. The average Bonchev–Trinajstić information content (AvgIpc) is 2.29. The van der Waals surface area contributed by atoms with Crippen LogP contribution in [0.25, 0.3) is 0 Å². The number of rotatable bonds is 7. The van der Waals surface area contributed by atoms with Gasteiger partial charge < -0.3 is 4.74 Å². The molecule has 0 fully saturated rings. The number of allylic oxidation sites excluding steroid dienone is 1. The predicted octanol–water partition coefficient (Wildman–Crippen LogP) is 4.32. The Labute approximate surface area is 105 Å². The summed E-state index contributed by atoms with van der Waals surface area (Å²) in [5, 5.41) is 0. The van der Waals surface area contributed by atoms with E-state index in [9.17, 15) is 0 Å². The van der Waals surface area contributed by atoms with E-state index in [1.165, 1.54) is 11.1 Å². The standard InChI is InChI=1S/C16H22O/c1-5-8-14-9-7-10-16(17-11-6-2)15(14)12-13(3)4/h6-7,9-10H,2-3,5,8,11-12H2,1,4H3. The molecule has 0 saturated heterocycles. The molecule has 17 heavy (non-hydrogen) atoms. The molecule has 92 valence electrons. The monoisotopic (exact) mass is 230 g/mol. The van der Waals surface area contributed by atoms with Crippen molar-refractivity contribution >= 4 is 0 Å². The lowest BCUT2D eigenvalue weighted by Gasteiger charge is -2.14. The number of benzene rings is 1. The topological polar surface area (TPSA) is 9.23 Å². The fourth-order valence-electron chi connectivity index (χ4n) is 1.90. The van der Waals surface area contributed by atoms with E-state index in [0.29, 0.717) is 6.61 Å². The summed E-state index contributed by atoms with van der Waals surface area (Å²) >= 11 is 0. The van der Waals surface area contributed by atoms with Crippen LogP contribution < -0.4 is 4.74 Å². The van der Waals surface area contributed by atoms with Crippen LogP contribution in [-0.4, -0.2) is 6.61 Å². The van der Waals surface area contributed by atoms with Gasteiger partial charge in [-0.1, -0.05) is 50.3 Å². The van der Waals surface area contributed by atoms with Crippen LogP contribution in [0, 0.1) is 0 Å². The molecule has 0 atom stereocenters. The van der Waals surface area contributed by atoms with E-state index < -0.39 is 0 Å². The molecule has 1 aromatic rings.